The van der Waals surface area contributed by atoms with Crippen LogP contribution < -0.4 is 5.73 Å². The maximum absolute atomic E-state index is 8.93. The number of aliphatic hydroxyl groups is 1. The van der Waals surface area contributed by atoms with Crippen LogP contribution in [0.1, 0.15) is 5.56 Å². The molecule has 0 radical (unpaired) electrons. The zero-order valence-corrected chi connectivity index (χ0v) is 8.43. The monoisotopic (exact) mass is 202 g/mol. The number of fused-ring (bicyclic) bond motifs is 1. The highest BCUT2D eigenvalue weighted by Crippen LogP contribution is 2.17. The third kappa shape index (κ3) is 2.14. The van der Waals surface area contributed by atoms with E-state index in [1.54, 1.807) is 6.20 Å². The number of aliphatic hydroxyl groups excluding tert-OH is 1. The van der Waals surface area contributed by atoms with Crippen molar-refractivity contribution in [1.82, 2.24) is 4.98 Å². The first-order valence-corrected chi connectivity index (χ1v) is 5.00. The molecule has 1 aromatic heterocycles. The van der Waals surface area contributed by atoms with Gasteiger partial charge in [0.05, 0.1) is 12.1 Å². The minimum absolute atomic E-state index is 0.0106. The fraction of sp³-hybridized carbons (Fsp3) is 0.250. The van der Waals surface area contributed by atoms with Crippen molar-refractivity contribution in [3.8, 4) is 0 Å². The van der Waals surface area contributed by atoms with Crippen LogP contribution in [-0.4, -0.2) is 22.7 Å². The van der Waals surface area contributed by atoms with Gasteiger partial charge in [0.1, 0.15) is 0 Å². The van der Waals surface area contributed by atoms with E-state index in [0.29, 0.717) is 6.42 Å². The molecule has 1 unspecified atom stereocenters. The molecular formula is C12H14N2O. The number of rotatable bonds is 3. The molecule has 0 fully saturated rings. The Hall–Kier alpha value is -1.45. The van der Waals surface area contributed by atoms with E-state index < -0.39 is 0 Å². The zero-order chi connectivity index (χ0) is 10.7. The standard InChI is InChI=1S/C12H14N2O/c13-10(8-15)7-9-3-1-5-12-11(9)4-2-6-14-12/h1-6,10,15H,7-8,13H2. The molecule has 0 aliphatic rings. The van der Waals surface area contributed by atoms with Gasteiger partial charge in [0.15, 0.2) is 0 Å². The summed E-state index contributed by atoms with van der Waals surface area (Å²) in [7, 11) is 0. The van der Waals surface area contributed by atoms with Crippen LogP contribution >= 0.6 is 0 Å². The number of hydrogen-bond acceptors (Lipinski definition) is 3. The van der Waals surface area contributed by atoms with E-state index in [9.17, 15) is 0 Å². The molecule has 1 aromatic carbocycles. The maximum atomic E-state index is 8.93. The van der Waals surface area contributed by atoms with E-state index in [1.165, 1.54) is 0 Å². The van der Waals surface area contributed by atoms with Gasteiger partial charge in [-0.1, -0.05) is 18.2 Å². The van der Waals surface area contributed by atoms with Gasteiger partial charge >= 0.3 is 0 Å². The lowest BCUT2D eigenvalue weighted by molar-refractivity contribution is 0.265. The van der Waals surface area contributed by atoms with Crippen molar-refractivity contribution in [3.05, 3.63) is 42.1 Å². The number of aromatic nitrogens is 1. The van der Waals surface area contributed by atoms with Crippen molar-refractivity contribution >= 4 is 10.9 Å². The summed E-state index contributed by atoms with van der Waals surface area (Å²) in [6.45, 7) is 0.0106. The lowest BCUT2D eigenvalue weighted by Crippen LogP contribution is -2.26. The van der Waals surface area contributed by atoms with Crippen LogP contribution in [0.2, 0.25) is 0 Å². The Morgan fingerprint density at radius 1 is 1.27 bits per heavy atom. The van der Waals surface area contributed by atoms with Crippen LogP contribution in [0.15, 0.2) is 36.5 Å². The second kappa shape index (κ2) is 4.38. The molecule has 0 bridgehead atoms. The summed E-state index contributed by atoms with van der Waals surface area (Å²) in [5.41, 5.74) is 7.84. The Morgan fingerprint density at radius 3 is 2.93 bits per heavy atom. The Labute approximate surface area is 88.6 Å². The minimum atomic E-state index is -0.198. The Kier molecular flexibility index (Phi) is 2.94. The van der Waals surface area contributed by atoms with Gasteiger partial charge in [-0.15, -0.1) is 0 Å². The minimum Gasteiger partial charge on any atom is -0.395 e. The molecule has 3 nitrogen and oxygen atoms in total. The fourth-order valence-corrected chi connectivity index (χ4v) is 1.69. The van der Waals surface area contributed by atoms with Crippen molar-refractivity contribution < 1.29 is 5.11 Å². The summed E-state index contributed by atoms with van der Waals surface area (Å²) in [6, 6.07) is 9.71. The Morgan fingerprint density at radius 2 is 2.13 bits per heavy atom. The molecule has 0 spiro atoms. The summed E-state index contributed by atoms with van der Waals surface area (Å²) >= 11 is 0. The van der Waals surface area contributed by atoms with E-state index in [2.05, 4.69) is 4.98 Å². The third-order valence-corrected chi connectivity index (χ3v) is 2.45. The smallest absolute Gasteiger partial charge is 0.0704 e. The summed E-state index contributed by atoms with van der Waals surface area (Å²) in [5, 5.41) is 10.0. The summed E-state index contributed by atoms with van der Waals surface area (Å²) < 4.78 is 0. The van der Waals surface area contributed by atoms with Crippen LogP contribution in [0.3, 0.4) is 0 Å². The van der Waals surface area contributed by atoms with Gasteiger partial charge in [0, 0.05) is 17.6 Å². The third-order valence-electron chi connectivity index (χ3n) is 2.45. The highest BCUT2D eigenvalue weighted by atomic mass is 16.3. The van der Waals surface area contributed by atoms with Crippen molar-refractivity contribution in [2.24, 2.45) is 5.73 Å². The van der Waals surface area contributed by atoms with Crippen molar-refractivity contribution in [2.75, 3.05) is 6.61 Å². The van der Waals surface area contributed by atoms with Gasteiger partial charge in [-0.05, 0) is 24.1 Å². The lowest BCUT2D eigenvalue weighted by atomic mass is 10.0. The fourth-order valence-electron chi connectivity index (χ4n) is 1.69. The normalized spacial score (nSPS) is 12.9. The number of pyridine rings is 1. The Balaban J connectivity index is 2.42. The summed E-state index contributed by atoms with van der Waals surface area (Å²) in [5.74, 6) is 0. The molecule has 0 saturated carbocycles. The molecule has 1 atom stereocenters. The van der Waals surface area contributed by atoms with Crippen LogP contribution in [0, 0.1) is 0 Å². The second-order valence-electron chi connectivity index (χ2n) is 3.63. The molecule has 3 N–H and O–H groups in total. The number of nitrogens with zero attached hydrogens (tertiary/aromatic N) is 1. The molecule has 0 amide bonds. The quantitative estimate of drug-likeness (QED) is 0.783. The average molecular weight is 202 g/mol. The summed E-state index contributed by atoms with van der Waals surface area (Å²) in [6.07, 6.45) is 2.46. The first-order valence-electron chi connectivity index (χ1n) is 5.00. The van der Waals surface area contributed by atoms with Crippen molar-refractivity contribution in [1.29, 1.82) is 0 Å². The number of benzene rings is 1. The van der Waals surface area contributed by atoms with Crippen molar-refractivity contribution in [3.63, 3.8) is 0 Å². The van der Waals surface area contributed by atoms with Gasteiger partial charge < -0.3 is 10.8 Å². The number of hydrogen-bond donors (Lipinski definition) is 2. The van der Waals surface area contributed by atoms with E-state index in [1.807, 2.05) is 30.3 Å². The van der Waals surface area contributed by atoms with Crippen LogP contribution in [0.4, 0.5) is 0 Å². The predicted molar refractivity (Wildman–Crippen MR) is 60.5 cm³/mol. The van der Waals surface area contributed by atoms with E-state index in [0.717, 1.165) is 16.5 Å². The maximum Gasteiger partial charge on any atom is 0.0704 e. The molecule has 0 aliphatic carbocycles. The largest absolute Gasteiger partial charge is 0.395 e. The average Bonchev–Trinajstić information content (AvgIpc) is 2.29. The Bertz CT molecular complexity index is 451. The van der Waals surface area contributed by atoms with Crippen LogP contribution in [0.5, 0.6) is 0 Å². The SMILES string of the molecule is NC(CO)Cc1cccc2ncccc12. The molecular weight excluding hydrogens is 188 g/mol. The first-order chi connectivity index (χ1) is 7.31. The van der Waals surface area contributed by atoms with Gasteiger partial charge in [-0.3, -0.25) is 4.98 Å². The number of nitrogens with two attached hydrogens (primary N) is 1. The van der Waals surface area contributed by atoms with Gasteiger partial charge in [-0.2, -0.15) is 0 Å². The summed E-state index contributed by atoms with van der Waals surface area (Å²) in [4.78, 5) is 4.27. The zero-order valence-electron chi connectivity index (χ0n) is 8.43. The molecule has 15 heavy (non-hydrogen) atoms. The van der Waals surface area contributed by atoms with E-state index >= 15 is 0 Å². The van der Waals surface area contributed by atoms with Gasteiger partial charge in [0.25, 0.3) is 0 Å². The van der Waals surface area contributed by atoms with Gasteiger partial charge in [0.2, 0.25) is 0 Å². The molecule has 2 aromatic rings. The first kappa shape index (κ1) is 10.1. The molecule has 1 heterocycles. The molecule has 2 rings (SSSR count). The van der Waals surface area contributed by atoms with E-state index in [-0.39, 0.29) is 12.6 Å². The highest BCUT2D eigenvalue weighted by Gasteiger charge is 2.05. The van der Waals surface area contributed by atoms with Gasteiger partial charge in [-0.25, -0.2) is 0 Å². The molecule has 78 valence electrons. The van der Waals surface area contributed by atoms with Crippen LogP contribution in [0.25, 0.3) is 10.9 Å². The highest BCUT2D eigenvalue weighted by molar-refractivity contribution is 5.81. The van der Waals surface area contributed by atoms with Crippen molar-refractivity contribution in [2.45, 2.75) is 12.5 Å². The van der Waals surface area contributed by atoms with Crippen LogP contribution in [-0.2, 0) is 6.42 Å². The lowest BCUT2D eigenvalue weighted by Gasteiger charge is -2.10. The second-order valence-corrected chi connectivity index (χ2v) is 3.63. The predicted octanol–water partition coefficient (Wildman–Crippen LogP) is 1.10. The topological polar surface area (TPSA) is 59.1 Å². The molecule has 3 heteroatoms. The molecule has 0 aliphatic heterocycles. The molecule has 0 saturated heterocycles. The van der Waals surface area contributed by atoms with E-state index in [4.69, 9.17) is 10.8 Å².